The Bertz CT molecular complexity index is 1230. The second-order valence-electron chi connectivity index (χ2n) is 8.67. The second-order valence-corrected chi connectivity index (χ2v) is 8.67. The molecular weight excluding hydrogens is 418 g/mol. The van der Waals surface area contributed by atoms with Gasteiger partial charge >= 0.3 is 0 Å². The van der Waals surface area contributed by atoms with Crippen molar-refractivity contribution in [3.63, 3.8) is 0 Å². The summed E-state index contributed by atoms with van der Waals surface area (Å²) in [5.74, 6) is 6.11. The van der Waals surface area contributed by atoms with Crippen molar-refractivity contribution in [2.75, 3.05) is 18.2 Å². The standard InChI is InChI=1S/C25H29N5O3/c1-4-18(31)6-5-7-19-20(24(32)29-17-10-8-16(9-11-17)14-33-3)21-22(26)27-15-28-23(21)30(19)25(2)12-13-25/h8-11,15,18,31H,4,6,12-14H2,1-3H3,(H,29,32)(H2,26,27,28). The van der Waals surface area contributed by atoms with Crippen LogP contribution in [0.5, 0.6) is 0 Å². The van der Waals surface area contributed by atoms with Gasteiger partial charge in [0, 0.05) is 24.8 Å². The van der Waals surface area contributed by atoms with Crippen LogP contribution < -0.4 is 11.1 Å². The fraction of sp³-hybridized carbons (Fsp3) is 0.400. The van der Waals surface area contributed by atoms with Crippen LogP contribution >= 0.6 is 0 Å². The van der Waals surface area contributed by atoms with E-state index in [4.69, 9.17) is 10.5 Å². The summed E-state index contributed by atoms with van der Waals surface area (Å²) in [6, 6.07) is 7.46. The minimum atomic E-state index is -0.514. The van der Waals surface area contributed by atoms with Gasteiger partial charge in [0.15, 0.2) is 0 Å². The number of nitrogens with zero attached hydrogens (tertiary/aromatic N) is 3. The molecule has 33 heavy (non-hydrogen) atoms. The molecule has 4 rings (SSSR count). The zero-order chi connectivity index (χ0) is 23.6. The lowest BCUT2D eigenvalue weighted by Gasteiger charge is -2.15. The Labute approximate surface area is 193 Å². The SMILES string of the molecule is CCC(O)CC#Cc1c(C(=O)Nc2ccc(COC)cc2)c2c(N)ncnc2n1C1(C)CC1. The van der Waals surface area contributed by atoms with Crippen molar-refractivity contribution in [3.05, 3.63) is 47.4 Å². The third-order valence-corrected chi connectivity index (χ3v) is 6.06. The Morgan fingerprint density at radius 3 is 2.70 bits per heavy atom. The molecule has 8 heteroatoms. The van der Waals surface area contributed by atoms with Gasteiger partial charge in [0.2, 0.25) is 0 Å². The summed E-state index contributed by atoms with van der Waals surface area (Å²) in [4.78, 5) is 22.2. The third kappa shape index (κ3) is 4.56. The van der Waals surface area contributed by atoms with Gasteiger partial charge in [0.05, 0.1) is 23.7 Å². The minimum Gasteiger partial charge on any atom is -0.392 e. The molecule has 0 saturated heterocycles. The van der Waals surface area contributed by atoms with Crippen LogP contribution in [0.1, 0.15) is 61.1 Å². The summed E-state index contributed by atoms with van der Waals surface area (Å²) in [6.45, 7) is 4.52. The van der Waals surface area contributed by atoms with Gasteiger partial charge in [-0.3, -0.25) is 4.79 Å². The Balaban J connectivity index is 1.81. The molecule has 1 fully saturated rings. The molecule has 0 radical (unpaired) electrons. The highest BCUT2D eigenvalue weighted by atomic mass is 16.5. The maximum Gasteiger partial charge on any atom is 0.259 e. The van der Waals surface area contributed by atoms with Gasteiger partial charge in [-0.1, -0.05) is 25.0 Å². The Morgan fingerprint density at radius 1 is 1.33 bits per heavy atom. The number of aliphatic hydroxyl groups is 1. The number of hydrogen-bond acceptors (Lipinski definition) is 6. The van der Waals surface area contributed by atoms with Crippen LogP contribution in [0.15, 0.2) is 30.6 Å². The predicted octanol–water partition coefficient (Wildman–Crippen LogP) is 3.43. The Kier molecular flexibility index (Phi) is 6.36. The first-order chi connectivity index (χ1) is 15.9. The number of carbonyl (C=O) groups is 1. The van der Waals surface area contributed by atoms with Gasteiger partial charge < -0.3 is 25.5 Å². The highest BCUT2D eigenvalue weighted by Gasteiger charge is 2.43. The normalized spacial score (nSPS) is 15.0. The summed E-state index contributed by atoms with van der Waals surface area (Å²) >= 11 is 0. The molecule has 1 aliphatic rings. The van der Waals surface area contributed by atoms with E-state index >= 15 is 0 Å². The first-order valence-corrected chi connectivity index (χ1v) is 11.1. The van der Waals surface area contributed by atoms with Crippen LogP contribution in [0.3, 0.4) is 0 Å². The molecule has 1 atom stereocenters. The van der Waals surface area contributed by atoms with E-state index in [2.05, 4.69) is 34.0 Å². The van der Waals surface area contributed by atoms with E-state index in [1.165, 1.54) is 6.33 Å². The van der Waals surface area contributed by atoms with Crippen molar-refractivity contribution >= 4 is 28.4 Å². The number of carbonyl (C=O) groups excluding carboxylic acids is 1. The van der Waals surface area contributed by atoms with Gasteiger partial charge in [-0.2, -0.15) is 0 Å². The molecule has 1 amide bonds. The molecule has 0 bridgehead atoms. The number of aliphatic hydroxyl groups excluding tert-OH is 1. The lowest BCUT2D eigenvalue weighted by Crippen LogP contribution is -2.18. The van der Waals surface area contributed by atoms with E-state index < -0.39 is 6.10 Å². The predicted molar refractivity (Wildman–Crippen MR) is 128 cm³/mol. The van der Waals surface area contributed by atoms with Crippen molar-refractivity contribution < 1.29 is 14.6 Å². The van der Waals surface area contributed by atoms with Crippen LogP contribution in [-0.2, 0) is 16.9 Å². The van der Waals surface area contributed by atoms with Crippen LogP contribution in [0.25, 0.3) is 11.0 Å². The molecule has 1 saturated carbocycles. The number of nitrogens with two attached hydrogens (primary N) is 1. The van der Waals surface area contributed by atoms with E-state index in [0.717, 1.165) is 18.4 Å². The molecule has 2 aromatic heterocycles. The number of methoxy groups -OCH3 is 1. The molecule has 1 aliphatic carbocycles. The van der Waals surface area contributed by atoms with Crippen molar-refractivity contribution in [3.8, 4) is 11.8 Å². The summed E-state index contributed by atoms with van der Waals surface area (Å²) in [5.41, 5.74) is 9.21. The fourth-order valence-electron chi connectivity index (χ4n) is 3.85. The number of amides is 1. The highest BCUT2D eigenvalue weighted by molar-refractivity contribution is 6.16. The fourth-order valence-corrected chi connectivity index (χ4v) is 3.85. The number of rotatable bonds is 7. The molecule has 1 unspecified atom stereocenters. The van der Waals surface area contributed by atoms with Gasteiger partial charge in [0.25, 0.3) is 5.91 Å². The van der Waals surface area contributed by atoms with Crippen molar-refractivity contribution in [2.24, 2.45) is 0 Å². The summed E-state index contributed by atoms with van der Waals surface area (Å²) in [7, 11) is 1.64. The molecular formula is C25H29N5O3. The zero-order valence-corrected chi connectivity index (χ0v) is 19.2. The van der Waals surface area contributed by atoms with E-state index in [9.17, 15) is 9.90 Å². The lowest BCUT2D eigenvalue weighted by atomic mass is 10.1. The van der Waals surface area contributed by atoms with E-state index in [1.54, 1.807) is 7.11 Å². The smallest absolute Gasteiger partial charge is 0.259 e. The van der Waals surface area contributed by atoms with Gasteiger partial charge in [-0.05, 0) is 49.8 Å². The molecule has 0 aliphatic heterocycles. The molecule has 0 spiro atoms. The number of nitrogens with one attached hydrogen (secondary N) is 1. The molecule has 4 N–H and O–H groups in total. The number of hydrogen-bond donors (Lipinski definition) is 3. The van der Waals surface area contributed by atoms with E-state index in [1.807, 2.05) is 35.8 Å². The molecule has 3 aromatic rings. The quantitative estimate of drug-likeness (QED) is 0.478. The molecule has 2 heterocycles. The second kappa shape index (κ2) is 9.22. The number of anilines is 2. The summed E-state index contributed by atoms with van der Waals surface area (Å²) in [5, 5.41) is 13.4. The summed E-state index contributed by atoms with van der Waals surface area (Å²) in [6.07, 6.45) is 3.73. The maximum atomic E-state index is 13.5. The number of ether oxygens (including phenoxy) is 1. The summed E-state index contributed by atoms with van der Waals surface area (Å²) < 4.78 is 7.16. The molecule has 8 nitrogen and oxygen atoms in total. The average Bonchev–Trinajstić information content (AvgIpc) is 3.44. The van der Waals surface area contributed by atoms with Crippen molar-refractivity contribution in [1.29, 1.82) is 0 Å². The maximum absolute atomic E-state index is 13.5. The van der Waals surface area contributed by atoms with Crippen LogP contribution in [0.4, 0.5) is 11.5 Å². The van der Waals surface area contributed by atoms with E-state index in [-0.39, 0.29) is 17.3 Å². The van der Waals surface area contributed by atoms with Gasteiger partial charge in [-0.25, -0.2) is 9.97 Å². The van der Waals surface area contributed by atoms with E-state index in [0.29, 0.717) is 47.4 Å². The Morgan fingerprint density at radius 2 is 2.06 bits per heavy atom. The largest absolute Gasteiger partial charge is 0.392 e. The van der Waals surface area contributed by atoms with Crippen molar-refractivity contribution in [1.82, 2.24) is 14.5 Å². The number of benzene rings is 1. The average molecular weight is 448 g/mol. The lowest BCUT2D eigenvalue weighted by molar-refractivity contribution is 0.102. The highest BCUT2D eigenvalue weighted by Crippen LogP contribution is 2.47. The van der Waals surface area contributed by atoms with Crippen LogP contribution in [-0.4, -0.2) is 38.8 Å². The van der Waals surface area contributed by atoms with Gasteiger partial charge in [-0.15, -0.1) is 0 Å². The molecule has 1 aromatic carbocycles. The van der Waals surface area contributed by atoms with Crippen molar-refractivity contribution in [2.45, 2.75) is 57.8 Å². The van der Waals surface area contributed by atoms with Crippen LogP contribution in [0.2, 0.25) is 0 Å². The third-order valence-electron chi connectivity index (χ3n) is 6.06. The minimum absolute atomic E-state index is 0.188. The molecule has 172 valence electrons. The number of fused-ring (bicyclic) bond motifs is 1. The van der Waals surface area contributed by atoms with Gasteiger partial charge in [0.1, 0.15) is 23.5 Å². The number of aromatic nitrogens is 3. The topological polar surface area (TPSA) is 115 Å². The first kappa shape index (κ1) is 22.8. The number of nitrogen functional groups attached to an aromatic ring is 1. The zero-order valence-electron chi connectivity index (χ0n) is 19.2. The first-order valence-electron chi connectivity index (χ1n) is 11.1. The van der Waals surface area contributed by atoms with Crippen LogP contribution in [0, 0.1) is 11.8 Å². The Hall–Kier alpha value is -3.41. The monoisotopic (exact) mass is 447 g/mol.